The van der Waals surface area contributed by atoms with Gasteiger partial charge in [-0.3, -0.25) is 4.57 Å². The smallest absolute Gasteiger partial charge is 0.326 e. The van der Waals surface area contributed by atoms with Crippen LogP contribution < -0.4 is 10.1 Å². The third-order valence-corrected chi connectivity index (χ3v) is 6.34. The number of carbonyl (C=O) groups excluding carboxylic acids is 1. The number of pyridine rings is 1. The van der Waals surface area contributed by atoms with Crippen LogP contribution in [0.15, 0.2) is 48.8 Å². The first-order chi connectivity index (χ1) is 15.1. The highest BCUT2D eigenvalue weighted by Gasteiger charge is 2.27. The van der Waals surface area contributed by atoms with Crippen molar-refractivity contribution >= 4 is 16.9 Å². The molecule has 0 bridgehead atoms. The molecule has 2 aromatic heterocycles. The molecule has 3 aromatic rings. The maximum absolute atomic E-state index is 12.6. The Labute approximate surface area is 183 Å². The number of hydrogen-bond donors (Lipinski definition) is 1. The van der Waals surface area contributed by atoms with Crippen molar-refractivity contribution in [3.8, 4) is 5.88 Å². The van der Waals surface area contributed by atoms with Gasteiger partial charge in [0, 0.05) is 50.0 Å². The van der Waals surface area contributed by atoms with Crippen molar-refractivity contribution in [1.29, 1.82) is 0 Å². The molecule has 3 heterocycles. The normalized spacial score (nSPS) is 17.7. The van der Waals surface area contributed by atoms with Crippen molar-refractivity contribution in [2.75, 3.05) is 19.6 Å². The van der Waals surface area contributed by atoms with Crippen LogP contribution in [0.2, 0.25) is 0 Å². The first kappa shape index (κ1) is 20.1. The van der Waals surface area contributed by atoms with E-state index in [1.165, 1.54) is 24.9 Å². The molecule has 0 radical (unpaired) electrons. The van der Waals surface area contributed by atoms with Gasteiger partial charge in [-0.25, -0.2) is 9.78 Å². The van der Waals surface area contributed by atoms with E-state index in [0.717, 1.165) is 48.3 Å². The number of piperidine rings is 1. The first-order valence-electron chi connectivity index (χ1n) is 11.3. The Morgan fingerprint density at radius 2 is 1.97 bits per heavy atom. The van der Waals surface area contributed by atoms with Gasteiger partial charge in [-0.15, -0.1) is 0 Å². The summed E-state index contributed by atoms with van der Waals surface area (Å²) in [5.41, 5.74) is 3.04. The first-order valence-corrected chi connectivity index (χ1v) is 11.3. The molecule has 1 N–H and O–H groups in total. The van der Waals surface area contributed by atoms with Gasteiger partial charge < -0.3 is 15.0 Å². The topological polar surface area (TPSA) is 59.4 Å². The number of nitrogens with zero attached hydrogens (tertiary/aromatic N) is 3. The lowest BCUT2D eigenvalue weighted by Gasteiger charge is -2.31. The number of nitrogens with one attached hydrogen (secondary N) is 1. The van der Waals surface area contributed by atoms with Gasteiger partial charge in [0.2, 0.25) is 5.88 Å². The largest absolute Gasteiger partial charge is 0.474 e. The highest BCUT2D eigenvalue weighted by molar-refractivity contribution is 5.91. The van der Waals surface area contributed by atoms with Crippen molar-refractivity contribution in [2.24, 2.45) is 5.92 Å². The summed E-state index contributed by atoms with van der Waals surface area (Å²) in [4.78, 5) is 19.6. The van der Waals surface area contributed by atoms with E-state index in [4.69, 9.17) is 4.74 Å². The second-order valence-electron chi connectivity index (χ2n) is 8.97. The highest BCUT2D eigenvalue weighted by atomic mass is 16.5. The SMILES string of the molecule is Cc1ccc2c(ccn2C(=O)NCc2ccc(OC3CCN(CC4CC4)CC3)nc2)c1. The molecule has 0 atom stereocenters. The van der Waals surface area contributed by atoms with Gasteiger partial charge in [-0.05, 0) is 62.3 Å². The molecule has 1 saturated heterocycles. The second kappa shape index (κ2) is 8.71. The van der Waals surface area contributed by atoms with Crippen molar-refractivity contribution in [3.63, 3.8) is 0 Å². The van der Waals surface area contributed by atoms with Crippen molar-refractivity contribution in [2.45, 2.75) is 45.3 Å². The van der Waals surface area contributed by atoms with Crippen molar-refractivity contribution < 1.29 is 9.53 Å². The summed E-state index contributed by atoms with van der Waals surface area (Å²) in [7, 11) is 0. The molecule has 1 saturated carbocycles. The Morgan fingerprint density at radius 1 is 1.13 bits per heavy atom. The van der Waals surface area contributed by atoms with E-state index in [1.807, 2.05) is 36.5 Å². The monoisotopic (exact) mass is 418 g/mol. The van der Waals surface area contributed by atoms with E-state index < -0.39 is 0 Å². The lowest BCUT2D eigenvalue weighted by molar-refractivity contribution is 0.0944. The Morgan fingerprint density at radius 3 is 2.71 bits per heavy atom. The van der Waals surface area contributed by atoms with Crippen molar-refractivity contribution in [1.82, 2.24) is 19.8 Å². The number of hydrogen-bond acceptors (Lipinski definition) is 4. The van der Waals surface area contributed by atoms with E-state index in [1.54, 1.807) is 10.8 Å². The van der Waals surface area contributed by atoms with Crippen LogP contribution in [0.5, 0.6) is 5.88 Å². The molecule has 1 aromatic carbocycles. The number of likely N-dealkylation sites (tertiary alicyclic amines) is 1. The van der Waals surface area contributed by atoms with E-state index in [0.29, 0.717) is 12.4 Å². The van der Waals surface area contributed by atoms with Crippen LogP contribution >= 0.6 is 0 Å². The Bertz CT molecular complexity index is 1050. The molecule has 6 nitrogen and oxygen atoms in total. The van der Waals surface area contributed by atoms with Crippen LogP contribution in [-0.4, -0.2) is 46.2 Å². The molecule has 1 amide bonds. The Hall–Kier alpha value is -2.86. The van der Waals surface area contributed by atoms with Gasteiger partial charge in [-0.2, -0.15) is 0 Å². The minimum absolute atomic E-state index is 0.142. The zero-order chi connectivity index (χ0) is 21.2. The molecule has 2 aliphatic rings. The molecule has 0 spiro atoms. The van der Waals surface area contributed by atoms with Gasteiger partial charge in [0.05, 0.1) is 5.52 Å². The molecular formula is C25H30N4O2. The van der Waals surface area contributed by atoms with Crippen molar-refractivity contribution in [3.05, 3.63) is 59.9 Å². The van der Waals surface area contributed by atoms with Crippen LogP contribution in [0.4, 0.5) is 4.79 Å². The van der Waals surface area contributed by atoms with Gasteiger partial charge >= 0.3 is 6.03 Å². The Balaban J connectivity index is 1.11. The quantitative estimate of drug-likeness (QED) is 0.646. The molecule has 1 aliphatic heterocycles. The van der Waals surface area contributed by atoms with Crippen LogP contribution in [-0.2, 0) is 6.54 Å². The summed E-state index contributed by atoms with van der Waals surface area (Å²) in [5, 5.41) is 4.04. The third-order valence-electron chi connectivity index (χ3n) is 6.34. The number of fused-ring (bicyclic) bond motifs is 1. The van der Waals surface area contributed by atoms with E-state index in [-0.39, 0.29) is 12.1 Å². The van der Waals surface area contributed by atoms with Crippen LogP contribution in [0.25, 0.3) is 10.9 Å². The summed E-state index contributed by atoms with van der Waals surface area (Å²) in [6.45, 7) is 5.99. The number of rotatable bonds is 6. The fourth-order valence-electron chi connectivity index (χ4n) is 4.33. The highest BCUT2D eigenvalue weighted by Crippen LogP contribution is 2.30. The molecule has 6 heteroatoms. The molecule has 5 rings (SSSR count). The summed E-state index contributed by atoms with van der Waals surface area (Å²) < 4.78 is 7.74. The standard InChI is InChI=1S/C25H30N4O2/c1-18-2-6-23-21(14-18)8-13-29(23)25(30)27-16-20-5-7-24(26-15-20)31-22-9-11-28(12-10-22)17-19-3-4-19/h2,5-8,13-15,19,22H,3-4,9-12,16-17H2,1H3,(H,27,30). The number of benzene rings is 1. The van der Waals surface area contributed by atoms with Crippen LogP contribution in [0.1, 0.15) is 36.8 Å². The summed E-state index contributed by atoms with van der Waals surface area (Å²) >= 11 is 0. The minimum Gasteiger partial charge on any atom is -0.474 e. The second-order valence-corrected chi connectivity index (χ2v) is 8.97. The predicted molar refractivity (Wildman–Crippen MR) is 121 cm³/mol. The fourth-order valence-corrected chi connectivity index (χ4v) is 4.33. The molecule has 31 heavy (non-hydrogen) atoms. The number of aromatic nitrogens is 2. The van der Waals surface area contributed by atoms with Crippen LogP contribution in [0, 0.1) is 12.8 Å². The average molecular weight is 419 g/mol. The molecule has 162 valence electrons. The molecule has 2 fully saturated rings. The lowest BCUT2D eigenvalue weighted by atomic mass is 10.1. The summed E-state index contributed by atoms with van der Waals surface area (Å²) in [6.07, 6.45) is 8.80. The van der Waals surface area contributed by atoms with Gasteiger partial charge in [0.15, 0.2) is 0 Å². The molecule has 0 unspecified atom stereocenters. The predicted octanol–water partition coefficient (Wildman–Crippen LogP) is 4.36. The molecule has 1 aliphatic carbocycles. The number of carbonyl (C=O) groups is 1. The number of amides is 1. The zero-order valence-electron chi connectivity index (χ0n) is 18.1. The maximum atomic E-state index is 12.6. The van der Waals surface area contributed by atoms with Gasteiger partial charge in [0.1, 0.15) is 6.10 Å². The average Bonchev–Trinajstić information content (AvgIpc) is 3.50. The van der Waals surface area contributed by atoms with E-state index in [2.05, 4.69) is 28.2 Å². The lowest BCUT2D eigenvalue weighted by Crippen LogP contribution is -2.39. The van der Waals surface area contributed by atoms with E-state index in [9.17, 15) is 4.79 Å². The molecular weight excluding hydrogens is 388 g/mol. The summed E-state index contributed by atoms with van der Waals surface area (Å²) in [5.74, 6) is 1.62. The van der Waals surface area contributed by atoms with E-state index >= 15 is 0 Å². The number of ether oxygens (including phenoxy) is 1. The van der Waals surface area contributed by atoms with Crippen LogP contribution in [0.3, 0.4) is 0 Å². The maximum Gasteiger partial charge on any atom is 0.326 e. The van der Waals surface area contributed by atoms with Gasteiger partial charge in [0.25, 0.3) is 0 Å². The number of aryl methyl sites for hydroxylation is 1. The van der Waals surface area contributed by atoms with Gasteiger partial charge in [-0.1, -0.05) is 17.7 Å². The minimum atomic E-state index is -0.142. The summed E-state index contributed by atoms with van der Waals surface area (Å²) in [6, 6.07) is 11.8. The fraction of sp³-hybridized carbons (Fsp3) is 0.440. The Kier molecular flexibility index (Phi) is 5.64. The zero-order valence-corrected chi connectivity index (χ0v) is 18.1. The third kappa shape index (κ3) is 4.90.